The van der Waals surface area contributed by atoms with Gasteiger partial charge in [0.2, 0.25) is 0 Å². The van der Waals surface area contributed by atoms with Crippen LogP contribution in [0.15, 0.2) is 18.2 Å². The van der Waals surface area contributed by atoms with Crippen LogP contribution in [0.3, 0.4) is 0 Å². The summed E-state index contributed by atoms with van der Waals surface area (Å²) in [6.45, 7) is 5.24. The highest BCUT2D eigenvalue weighted by atomic mass is 16.5. The number of benzene rings is 1. The first-order valence-electron chi connectivity index (χ1n) is 7.13. The molecule has 0 amide bonds. The molecular formula is C15H24N2O2. The minimum absolute atomic E-state index is 0.716. The van der Waals surface area contributed by atoms with E-state index in [1.165, 1.54) is 12.8 Å². The van der Waals surface area contributed by atoms with E-state index in [4.69, 9.17) is 15.2 Å². The van der Waals surface area contributed by atoms with Gasteiger partial charge in [-0.2, -0.15) is 0 Å². The van der Waals surface area contributed by atoms with Crippen molar-refractivity contribution in [3.05, 3.63) is 18.2 Å². The molecule has 0 radical (unpaired) electrons. The summed E-state index contributed by atoms with van der Waals surface area (Å²) in [6, 6.07) is 5.75. The van der Waals surface area contributed by atoms with E-state index in [9.17, 15) is 0 Å². The monoisotopic (exact) mass is 264 g/mol. The second-order valence-corrected chi connectivity index (χ2v) is 5.08. The SMILES string of the molecule is CCCOc1cc(N)cc(NCCOCC2CC2)c1. The molecule has 106 valence electrons. The van der Waals surface area contributed by atoms with Crippen molar-refractivity contribution in [1.29, 1.82) is 0 Å². The fraction of sp³-hybridized carbons (Fsp3) is 0.600. The molecule has 1 saturated carbocycles. The molecule has 0 saturated heterocycles. The van der Waals surface area contributed by atoms with E-state index in [-0.39, 0.29) is 0 Å². The number of anilines is 2. The third-order valence-corrected chi connectivity index (χ3v) is 3.03. The van der Waals surface area contributed by atoms with Crippen molar-refractivity contribution in [3.63, 3.8) is 0 Å². The van der Waals surface area contributed by atoms with Gasteiger partial charge >= 0.3 is 0 Å². The Hall–Kier alpha value is -1.42. The average Bonchev–Trinajstić information content (AvgIpc) is 3.19. The van der Waals surface area contributed by atoms with Gasteiger partial charge in [-0.15, -0.1) is 0 Å². The summed E-state index contributed by atoms with van der Waals surface area (Å²) in [5.41, 5.74) is 7.56. The molecule has 3 N–H and O–H groups in total. The predicted molar refractivity (Wildman–Crippen MR) is 78.7 cm³/mol. The molecule has 0 aliphatic heterocycles. The second kappa shape index (κ2) is 7.24. The summed E-state index contributed by atoms with van der Waals surface area (Å²) in [6.07, 6.45) is 3.66. The van der Waals surface area contributed by atoms with Gasteiger partial charge in [-0.3, -0.25) is 0 Å². The summed E-state index contributed by atoms with van der Waals surface area (Å²) in [4.78, 5) is 0. The molecule has 2 rings (SSSR count). The average molecular weight is 264 g/mol. The first-order chi connectivity index (χ1) is 9.28. The minimum atomic E-state index is 0.716. The van der Waals surface area contributed by atoms with Crippen molar-refractivity contribution in [3.8, 4) is 5.75 Å². The third kappa shape index (κ3) is 5.39. The standard InChI is InChI=1S/C15H24N2O2/c1-2-6-19-15-9-13(16)8-14(10-15)17-5-7-18-11-12-3-4-12/h8-10,12,17H,2-7,11,16H2,1H3. The highest BCUT2D eigenvalue weighted by Gasteiger charge is 2.20. The van der Waals surface area contributed by atoms with Crippen LogP contribution in [-0.2, 0) is 4.74 Å². The summed E-state index contributed by atoms with van der Waals surface area (Å²) in [5, 5.41) is 3.31. The maximum atomic E-state index is 5.86. The molecule has 1 aliphatic rings. The lowest BCUT2D eigenvalue weighted by Crippen LogP contribution is -2.11. The van der Waals surface area contributed by atoms with Gasteiger partial charge in [-0.05, 0) is 31.2 Å². The molecule has 0 unspecified atom stereocenters. The lowest BCUT2D eigenvalue weighted by molar-refractivity contribution is 0.134. The van der Waals surface area contributed by atoms with Gasteiger partial charge in [0.15, 0.2) is 0 Å². The lowest BCUT2D eigenvalue weighted by Gasteiger charge is -2.11. The summed E-state index contributed by atoms with van der Waals surface area (Å²) < 4.78 is 11.2. The van der Waals surface area contributed by atoms with Crippen LogP contribution in [-0.4, -0.2) is 26.4 Å². The molecule has 1 aliphatic carbocycles. The van der Waals surface area contributed by atoms with Gasteiger partial charge in [0.1, 0.15) is 5.75 Å². The van der Waals surface area contributed by atoms with Crippen molar-refractivity contribution in [2.75, 3.05) is 37.4 Å². The number of nitrogens with one attached hydrogen (secondary N) is 1. The molecule has 0 spiro atoms. The molecule has 0 aromatic heterocycles. The Morgan fingerprint density at radius 2 is 2.11 bits per heavy atom. The Bertz CT molecular complexity index is 392. The Balaban J connectivity index is 1.72. The van der Waals surface area contributed by atoms with Gasteiger partial charge in [0.25, 0.3) is 0 Å². The van der Waals surface area contributed by atoms with Gasteiger partial charge in [-0.1, -0.05) is 6.92 Å². The van der Waals surface area contributed by atoms with E-state index in [0.717, 1.165) is 49.2 Å². The molecule has 0 atom stereocenters. The maximum absolute atomic E-state index is 5.86. The first kappa shape index (κ1) is 14.0. The maximum Gasteiger partial charge on any atom is 0.123 e. The molecule has 4 nitrogen and oxygen atoms in total. The molecular weight excluding hydrogens is 240 g/mol. The number of hydrogen-bond donors (Lipinski definition) is 2. The highest BCUT2D eigenvalue weighted by molar-refractivity contribution is 5.59. The van der Waals surface area contributed by atoms with Crippen LogP contribution < -0.4 is 15.8 Å². The van der Waals surface area contributed by atoms with Crippen molar-refractivity contribution in [1.82, 2.24) is 0 Å². The number of rotatable bonds is 9. The summed E-state index contributed by atoms with van der Waals surface area (Å²) in [7, 11) is 0. The van der Waals surface area contributed by atoms with Gasteiger partial charge in [-0.25, -0.2) is 0 Å². The van der Waals surface area contributed by atoms with E-state index in [1.54, 1.807) is 0 Å². The molecule has 1 aromatic rings. The van der Waals surface area contributed by atoms with Crippen LogP contribution in [0.2, 0.25) is 0 Å². The Labute approximate surface area is 115 Å². The van der Waals surface area contributed by atoms with Crippen molar-refractivity contribution in [2.24, 2.45) is 5.92 Å². The van der Waals surface area contributed by atoms with Crippen LogP contribution in [0.1, 0.15) is 26.2 Å². The minimum Gasteiger partial charge on any atom is -0.493 e. The summed E-state index contributed by atoms with van der Waals surface area (Å²) >= 11 is 0. The van der Waals surface area contributed by atoms with E-state index in [1.807, 2.05) is 18.2 Å². The normalized spacial score (nSPS) is 14.4. The fourth-order valence-corrected chi connectivity index (χ4v) is 1.83. The van der Waals surface area contributed by atoms with Gasteiger partial charge < -0.3 is 20.5 Å². The molecule has 1 fully saturated rings. The highest BCUT2D eigenvalue weighted by Crippen LogP contribution is 2.28. The Morgan fingerprint density at radius 3 is 2.84 bits per heavy atom. The molecule has 19 heavy (non-hydrogen) atoms. The van der Waals surface area contributed by atoms with Gasteiger partial charge in [0.05, 0.1) is 13.2 Å². The number of hydrogen-bond acceptors (Lipinski definition) is 4. The van der Waals surface area contributed by atoms with Crippen LogP contribution in [0.5, 0.6) is 5.75 Å². The lowest BCUT2D eigenvalue weighted by atomic mass is 10.2. The zero-order valence-electron chi connectivity index (χ0n) is 11.7. The summed E-state index contributed by atoms with van der Waals surface area (Å²) in [5.74, 6) is 1.64. The van der Waals surface area contributed by atoms with Crippen LogP contribution >= 0.6 is 0 Å². The molecule has 0 heterocycles. The first-order valence-corrected chi connectivity index (χ1v) is 7.13. The van der Waals surface area contributed by atoms with Crippen molar-refractivity contribution < 1.29 is 9.47 Å². The number of nitrogen functional groups attached to an aromatic ring is 1. The number of nitrogens with two attached hydrogens (primary N) is 1. The molecule has 0 bridgehead atoms. The van der Waals surface area contributed by atoms with E-state index in [0.29, 0.717) is 6.61 Å². The Kier molecular flexibility index (Phi) is 5.33. The van der Waals surface area contributed by atoms with Gasteiger partial charge in [0, 0.05) is 36.7 Å². The largest absolute Gasteiger partial charge is 0.493 e. The Morgan fingerprint density at radius 1 is 1.26 bits per heavy atom. The van der Waals surface area contributed by atoms with Crippen LogP contribution in [0.25, 0.3) is 0 Å². The zero-order chi connectivity index (χ0) is 13.5. The molecule has 1 aromatic carbocycles. The number of ether oxygens (including phenoxy) is 2. The third-order valence-electron chi connectivity index (χ3n) is 3.03. The smallest absolute Gasteiger partial charge is 0.123 e. The van der Waals surface area contributed by atoms with E-state index >= 15 is 0 Å². The van der Waals surface area contributed by atoms with Crippen LogP contribution in [0, 0.1) is 5.92 Å². The van der Waals surface area contributed by atoms with E-state index < -0.39 is 0 Å². The van der Waals surface area contributed by atoms with Crippen molar-refractivity contribution >= 4 is 11.4 Å². The predicted octanol–water partition coefficient (Wildman–Crippen LogP) is 2.90. The zero-order valence-corrected chi connectivity index (χ0v) is 11.7. The second-order valence-electron chi connectivity index (χ2n) is 5.08. The molecule has 4 heteroatoms. The van der Waals surface area contributed by atoms with Crippen LogP contribution in [0.4, 0.5) is 11.4 Å². The fourth-order valence-electron chi connectivity index (χ4n) is 1.83. The topological polar surface area (TPSA) is 56.5 Å². The quantitative estimate of drug-likeness (QED) is 0.532. The van der Waals surface area contributed by atoms with E-state index in [2.05, 4.69) is 12.2 Å². The van der Waals surface area contributed by atoms with Crippen molar-refractivity contribution in [2.45, 2.75) is 26.2 Å².